The van der Waals surface area contributed by atoms with Crippen molar-refractivity contribution in [2.45, 2.75) is 19.4 Å². The largest absolute Gasteiger partial charge is 0.308 e. The second-order valence-electron chi connectivity index (χ2n) is 7.07. The Balaban J connectivity index is 1.41. The lowest BCUT2D eigenvalue weighted by atomic mass is 10.1. The Morgan fingerprint density at radius 3 is 2.81 bits per heavy atom. The van der Waals surface area contributed by atoms with Crippen molar-refractivity contribution >= 4 is 23.2 Å². The quantitative estimate of drug-likeness (QED) is 0.827. The minimum Gasteiger partial charge on any atom is -0.308 e. The third kappa shape index (κ3) is 2.99. The Morgan fingerprint density at radius 1 is 1.27 bits per heavy atom. The minimum absolute atomic E-state index is 0.00641. The minimum atomic E-state index is 0.00641. The number of carbonyl (C=O) groups is 2. The van der Waals surface area contributed by atoms with Crippen LogP contribution in [0.3, 0.4) is 0 Å². The molecule has 3 heterocycles. The number of amides is 2. The Labute approximate surface area is 152 Å². The average molecular weight is 353 g/mol. The summed E-state index contributed by atoms with van der Waals surface area (Å²) in [6.45, 7) is 3.85. The van der Waals surface area contributed by atoms with Crippen LogP contribution in [0.15, 0.2) is 36.7 Å². The first-order valence-electron chi connectivity index (χ1n) is 8.94. The summed E-state index contributed by atoms with van der Waals surface area (Å²) in [4.78, 5) is 31.0. The molecule has 1 aromatic carbocycles. The normalized spacial score (nSPS) is 20.5. The lowest BCUT2D eigenvalue weighted by Gasteiger charge is -2.34. The maximum atomic E-state index is 12.9. The third-order valence-corrected chi connectivity index (χ3v) is 5.14. The summed E-state index contributed by atoms with van der Waals surface area (Å²) in [5, 5.41) is 4.12. The molecular formula is C19H23N5O2. The highest BCUT2D eigenvalue weighted by atomic mass is 16.2. The van der Waals surface area contributed by atoms with Crippen molar-refractivity contribution in [3.8, 4) is 0 Å². The molecule has 1 fully saturated rings. The zero-order valence-electron chi connectivity index (χ0n) is 15.1. The van der Waals surface area contributed by atoms with Gasteiger partial charge in [-0.15, -0.1) is 0 Å². The number of para-hydroxylation sites is 1. The molecule has 7 heteroatoms. The fourth-order valence-electron chi connectivity index (χ4n) is 3.89. The number of carbonyl (C=O) groups excluding carboxylic acids is 2. The number of hydrogen-bond acceptors (Lipinski definition) is 4. The van der Waals surface area contributed by atoms with Crippen LogP contribution in [0.25, 0.3) is 0 Å². The van der Waals surface area contributed by atoms with Gasteiger partial charge in [0.05, 0.1) is 25.0 Å². The number of hydrogen-bond donors (Lipinski definition) is 0. The van der Waals surface area contributed by atoms with E-state index in [0.717, 1.165) is 17.8 Å². The Bertz CT molecular complexity index is 846. The number of piperazine rings is 1. The Hall–Kier alpha value is -2.67. The van der Waals surface area contributed by atoms with E-state index in [1.807, 2.05) is 41.2 Å². The average Bonchev–Trinajstić information content (AvgIpc) is 3.17. The van der Waals surface area contributed by atoms with Gasteiger partial charge in [0.25, 0.3) is 0 Å². The fraction of sp³-hybridized carbons (Fsp3) is 0.421. The molecule has 2 aromatic rings. The molecular weight excluding hydrogens is 330 g/mol. The SMILES string of the molecule is CC1Cc2ccccc2N1C(=O)CN1CCN(c2cnn(C)c2)C(=O)C1. The van der Waals surface area contributed by atoms with Gasteiger partial charge in [0.15, 0.2) is 0 Å². The predicted octanol–water partition coefficient (Wildman–Crippen LogP) is 1.05. The Morgan fingerprint density at radius 2 is 2.08 bits per heavy atom. The van der Waals surface area contributed by atoms with Crippen LogP contribution in [0, 0.1) is 0 Å². The molecule has 0 spiro atoms. The lowest BCUT2D eigenvalue weighted by molar-refractivity contribution is -0.124. The van der Waals surface area contributed by atoms with Crippen molar-refractivity contribution < 1.29 is 9.59 Å². The van der Waals surface area contributed by atoms with E-state index in [9.17, 15) is 9.59 Å². The molecule has 26 heavy (non-hydrogen) atoms. The van der Waals surface area contributed by atoms with Crippen LogP contribution >= 0.6 is 0 Å². The maximum absolute atomic E-state index is 12.9. The van der Waals surface area contributed by atoms with Crippen molar-refractivity contribution in [2.75, 3.05) is 36.0 Å². The zero-order chi connectivity index (χ0) is 18.3. The van der Waals surface area contributed by atoms with Crippen molar-refractivity contribution in [1.29, 1.82) is 0 Å². The molecule has 0 saturated carbocycles. The van der Waals surface area contributed by atoms with Crippen LogP contribution in [-0.2, 0) is 23.1 Å². The first-order chi connectivity index (χ1) is 12.5. The molecule has 0 N–H and O–H groups in total. The molecule has 7 nitrogen and oxygen atoms in total. The van der Waals surface area contributed by atoms with Gasteiger partial charge in [-0.3, -0.25) is 19.2 Å². The van der Waals surface area contributed by atoms with E-state index in [1.165, 1.54) is 5.56 Å². The van der Waals surface area contributed by atoms with Gasteiger partial charge < -0.3 is 9.80 Å². The van der Waals surface area contributed by atoms with Gasteiger partial charge in [-0.05, 0) is 25.0 Å². The molecule has 2 amide bonds. The van der Waals surface area contributed by atoms with Crippen LogP contribution < -0.4 is 9.80 Å². The van der Waals surface area contributed by atoms with Gasteiger partial charge in [0, 0.05) is 38.1 Å². The van der Waals surface area contributed by atoms with Crippen LogP contribution in [-0.4, -0.2) is 58.7 Å². The van der Waals surface area contributed by atoms with Crippen LogP contribution in [0.5, 0.6) is 0 Å². The van der Waals surface area contributed by atoms with Crippen LogP contribution in [0.2, 0.25) is 0 Å². The van der Waals surface area contributed by atoms with Gasteiger partial charge in [-0.2, -0.15) is 5.10 Å². The van der Waals surface area contributed by atoms with E-state index < -0.39 is 0 Å². The highest BCUT2D eigenvalue weighted by Gasteiger charge is 2.33. The number of nitrogens with zero attached hydrogens (tertiary/aromatic N) is 5. The molecule has 1 atom stereocenters. The lowest BCUT2D eigenvalue weighted by Crippen LogP contribution is -2.53. The smallest absolute Gasteiger partial charge is 0.241 e. The fourth-order valence-corrected chi connectivity index (χ4v) is 3.89. The van der Waals surface area contributed by atoms with E-state index in [-0.39, 0.29) is 30.9 Å². The van der Waals surface area contributed by atoms with Crippen molar-refractivity contribution in [3.63, 3.8) is 0 Å². The van der Waals surface area contributed by atoms with E-state index in [2.05, 4.69) is 18.1 Å². The summed E-state index contributed by atoms with van der Waals surface area (Å²) in [7, 11) is 1.83. The first kappa shape index (κ1) is 16.8. The monoisotopic (exact) mass is 353 g/mol. The molecule has 136 valence electrons. The third-order valence-electron chi connectivity index (χ3n) is 5.14. The topological polar surface area (TPSA) is 61.7 Å². The standard InChI is InChI=1S/C19H23N5O2/c1-14-9-15-5-3-4-6-17(15)24(14)19(26)13-22-7-8-23(18(25)12-22)16-10-20-21(2)11-16/h3-6,10-11,14H,7-9,12-13H2,1-2H3. The number of anilines is 2. The molecule has 0 radical (unpaired) electrons. The Kier molecular flexibility index (Phi) is 4.24. The molecule has 1 aromatic heterocycles. The van der Waals surface area contributed by atoms with Gasteiger partial charge >= 0.3 is 0 Å². The van der Waals surface area contributed by atoms with Gasteiger partial charge in [-0.25, -0.2) is 0 Å². The second-order valence-corrected chi connectivity index (χ2v) is 7.07. The number of aromatic nitrogens is 2. The van der Waals surface area contributed by atoms with Crippen LogP contribution in [0.1, 0.15) is 12.5 Å². The predicted molar refractivity (Wildman–Crippen MR) is 99.1 cm³/mol. The molecule has 0 bridgehead atoms. The second kappa shape index (κ2) is 6.57. The molecule has 1 unspecified atom stereocenters. The van der Waals surface area contributed by atoms with Crippen molar-refractivity contribution in [2.24, 2.45) is 7.05 Å². The maximum Gasteiger partial charge on any atom is 0.241 e. The molecule has 1 saturated heterocycles. The van der Waals surface area contributed by atoms with E-state index in [0.29, 0.717) is 13.1 Å². The first-order valence-corrected chi connectivity index (χ1v) is 8.94. The molecule has 4 rings (SSSR count). The van der Waals surface area contributed by atoms with Crippen molar-refractivity contribution in [1.82, 2.24) is 14.7 Å². The number of rotatable bonds is 3. The summed E-state index contributed by atoms with van der Waals surface area (Å²) < 4.78 is 1.69. The van der Waals surface area contributed by atoms with Gasteiger partial charge in [0.1, 0.15) is 0 Å². The van der Waals surface area contributed by atoms with E-state index >= 15 is 0 Å². The van der Waals surface area contributed by atoms with E-state index in [1.54, 1.807) is 15.8 Å². The summed E-state index contributed by atoms with van der Waals surface area (Å²) in [5.74, 6) is 0.0667. The summed E-state index contributed by atoms with van der Waals surface area (Å²) >= 11 is 0. The highest BCUT2D eigenvalue weighted by molar-refractivity contribution is 5.99. The van der Waals surface area contributed by atoms with Gasteiger partial charge in [0.2, 0.25) is 11.8 Å². The molecule has 0 aliphatic carbocycles. The molecule has 2 aliphatic rings. The highest BCUT2D eigenvalue weighted by Crippen LogP contribution is 2.32. The van der Waals surface area contributed by atoms with Gasteiger partial charge in [-0.1, -0.05) is 18.2 Å². The van der Waals surface area contributed by atoms with Crippen molar-refractivity contribution in [3.05, 3.63) is 42.2 Å². The summed E-state index contributed by atoms with van der Waals surface area (Å²) in [6, 6.07) is 8.22. The summed E-state index contributed by atoms with van der Waals surface area (Å²) in [5.41, 5.74) is 3.03. The zero-order valence-corrected chi connectivity index (χ0v) is 15.1. The number of fused-ring (bicyclic) bond motifs is 1. The summed E-state index contributed by atoms with van der Waals surface area (Å²) in [6.07, 6.45) is 4.42. The van der Waals surface area contributed by atoms with E-state index in [4.69, 9.17) is 0 Å². The molecule has 2 aliphatic heterocycles. The van der Waals surface area contributed by atoms with Crippen LogP contribution in [0.4, 0.5) is 11.4 Å². The number of aryl methyl sites for hydroxylation is 1. The number of benzene rings is 1.